The van der Waals surface area contributed by atoms with Gasteiger partial charge in [0.05, 0.1) is 7.11 Å². The minimum atomic E-state index is 0. The lowest BCUT2D eigenvalue weighted by molar-refractivity contribution is -0.671. The molecule has 0 saturated heterocycles. The molecule has 1 rings (SSSR count). The third kappa shape index (κ3) is 2.51. The predicted octanol–water partition coefficient (Wildman–Crippen LogP) is -2.48. The lowest BCUT2D eigenvalue weighted by Crippen LogP contribution is -3.00. The van der Waals surface area contributed by atoms with Gasteiger partial charge in [0.1, 0.15) is 7.05 Å². The molecular weight excluding hydrogens is 241 g/mol. The van der Waals surface area contributed by atoms with Crippen LogP contribution in [0.15, 0.2) is 24.5 Å². The number of hydrogen-bond acceptors (Lipinski definition) is 1. The fourth-order valence-electron chi connectivity index (χ4n) is 0.681. The smallest absolute Gasteiger partial charge is 0.210 e. The highest BCUT2D eigenvalue weighted by atomic mass is 127. The average Bonchev–Trinajstić information content (AvgIpc) is 1.88. The molecule has 2 nitrogen and oxygen atoms in total. The molecule has 56 valence electrons. The highest BCUT2D eigenvalue weighted by molar-refractivity contribution is 5.11. The molecule has 1 aromatic heterocycles. The van der Waals surface area contributed by atoms with E-state index in [9.17, 15) is 0 Å². The number of pyridine rings is 1. The zero-order valence-electron chi connectivity index (χ0n) is 6.04. The first kappa shape index (κ1) is 9.68. The monoisotopic (exact) mass is 251 g/mol. The van der Waals surface area contributed by atoms with Crippen molar-refractivity contribution in [1.82, 2.24) is 0 Å². The van der Waals surface area contributed by atoms with Gasteiger partial charge in [0.15, 0.2) is 11.9 Å². The summed E-state index contributed by atoms with van der Waals surface area (Å²) < 4.78 is 6.92. The molecular formula is C7H10INO. The summed E-state index contributed by atoms with van der Waals surface area (Å²) in [5.41, 5.74) is 0. The second-order valence-electron chi connectivity index (χ2n) is 1.91. The van der Waals surface area contributed by atoms with Crippen LogP contribution < -0.4 is 33.3 Å². The van der Waals surface area contributed by atoms with Crippen molar-refractivity contribution in [3.8, 4) is 5.75 Å². The first-order chi connectivity index (χ1) is 4.33. The quantitative estimate of drug-likeness (QED) is 0.398. The summed E-state index contributed by atoms with van der Waals surface area (Å²) in [7, 11) is 3.62. The maximum absolute atomic E-state index is 4.97. The molecule has 0 atom stereocenters. The fraction of sp³-hybridized carbons (Fsp3) is 0.286. The Balaban J connectivity index is 0.000000810. The van der Waals surface area contributed by atoms with E-state index < -0.39 is 0 Å². The van der Waals surface area contributed by atoms with Crippen LogP contribution in [0.5, 0.6) is 5.75 Å². The summed E-state index contributed by atoms with van der Waals surface area (Å²) >= 11 is 0. The maximum Gasteiger partial charge on any atom is 0.210 e. The van der Waals surface area contributed by atoms with Crippen molar-refractivity contribution in [2.75, 3.05) is 7.11 Å². The van der Waals surface area contributed by atoms with Crippen molar-refractivity contribution in [1.29, 1.82) is 0 Å². The summed E-state index contributed by atoms with van der Waals surface area (Å²) in [6.45, 7) is 0. The average molecular weight is 251 g/mol. The zero-order valence-corrected chi connectivity index (χ0v) is 8.20. The van der Waals surface area contributed by atoms with Gasteiger partial charge in [-0.1, -0.05) is 0 Å². The van der Waals surface area contributed by atoms with Gasteiger partial charge >= 0.3 is 0 Å². The van der Waals surface area contributed by atoms with E-state index in [1.807, 2.05) is 36.1 Å². The normalized spacial score (nSPS) is 8.20. The molecule has 1 aromatic rings. The van der Waals surface area contributed by atoms with Crippen molar-refractivity contribution >= 4 is 0 Å². The molecule has 0 aliphatic heterocycles. The molecule has 0 aliphatic rings. The van der Waals surface area contributed by atoms with Crippen LogP contribution >= 0.6 is 0 Å². The number of halogens is 1. The molecule has 0 radical (unpaired) electrons. The molecule has 0 saturated carbocycles. The van der Waals surface area contributed by atoms with E-state index >= 15 is 0 Å². The van der Waals surface area contributed by atoms with Crippen molar-refractivity contribution < 1.29 is 33.3 Å². The number of nitrogens with zero attached hydrogens (tertiary/aromatic N) is 1. The third-order valence-corrected chi connectivity index (χ3v) is 1.15. The van der Waals surface area contributed by atoms with E-state index in [2.05, 4.69) is 0 Å². The van der Waals surface area contributed by atoms with E-state index in [0.717, 1.165) is 5.75 Å². The molecule has 0 bridgehead atoms. The van der Waals surface area contributed by atoms with Crippen LogP contribution in [-0.4, -0.2) is 7.11 Å². The van der Waals surface area contributed by atoms with Gasteiger partial charge in [-0.3, -0.25) is 0 Å². The zero-order chi connectivity index (χ0) is 6.69. The van der Waals surface area contributed by atoms with Crippen LogP contribution in [0.25, 0.3) is 0 Å². The van der Waals surface area contributed by atoms with Crippen LogP contribution in [0.4, 0.5) is 0 Å². The highest BCUT2D eigenvalue weighted by Gasteiger charge is 1.93. The highest BCUT2D eigenvalue weighted by Crippen LogP contribution is 2.01. The van der Waals surface area contributed by atoms with Crippen molar-refractivity contribution in [2.45, 2.75) is 0 Å². The minimum Gasteiger partial charge on any atom is -1.00 e. The predicted molar refractivity (Wildman–Crippen MR) is 34.2 cm³/mol. The number of ether oxygens (including phenoxy) is 1. The van der Waals surface area contributed by atoms with Gasteiger partial charge in [-0.2, -0.15) is 0 Å². The van der Waals surface area contributed by atoms with Gasteiger partial charge < -0.3 is 28.7 Å². The summed E-state index contributed by atoms with van der Waals surface area (Å²) in [5.74, 6) is 0.889. The molecule has 0 N–H and O–H groups in total. The van der Waals surface area contributed by atoms with Crippen LogP contribution in [0.2, 0.25) is 0 Å². The van der Waals surface area contributed by atoms with Crippen molar-refractivity contribution in [2.24, 2.45) is 7.05 Å². The van der Waals surface area contributed by atoms with Gasteiger partial charge in [-0.05, 0) is 6.07 Å². The summed E-state index contributed by atoms with van der Waals surface area (Å²) in [4.78, 5) is 0. The molecule has 0 aromatic carbocycles. The van der Waals surface area contributed by atoms with Crippen LogP contribution in [0, 0.1) is 0 Å². The lowest BCUT2D eigenvalue weighted by atomic mass is 10.4. The Hall–Kier alpha value is -0.320. The van der Waals surface area contributed by atoms with E-state index in [0.29, 0.717) is 0 Å². The largest absolute Gasteiger partial charge is 1.00 e. The molecule has 0 fully saturated rings. The van der Waals surface area contributed by atoms with Gasteiger partial charge in [0.2, 0.25) is 6.20 Å². The number of rotatable bonds is 1. The van der Waals surface area contributed by atoms with E-state index in [1.54, 1.807) is 7.11 Å². The Morgan fingerprint density at radius 1 is 1.50 bits per heavy atom. The number of aromatic nitrogens is 1. The molecule has 0 amide bonds. The SMILES string of the molecule is COc1ccc[n+](C)c1.[I-]. The number of methoxy groups -OCH3 is 1. The third-order valence-electron chi connectivity index (χ3n) is 1.15. The van der Waals surface area contributed by atoms with E-state index in [1.165, 1.54) is 0 Å². The molecule has 3 heteroatoms. The van der Waals surface area contributed by atoms with Gasteiger partial charge in [0.25, 0.3) is 0 Å². The Morgan fingerprint density at radius 2 is 2.20 bits per heavy atom. The van der Waals surface area contributed by atoms with Crippen molar-refractivity contribution in [3.05, 3.63) is 24.5 Å². The Bertz CT molecular complexity index is 203. The molecule has 1 heterocycles. The maximum atomic E-state index is 4.97. The van der Waals surface area contributed by atoms with Crippen LogP contribution in [-0.2, 0) is 7.05 Å². The fourth-order valence-corrected chi connectivity index (χ4v) is 0.681. The lowest BCUT2D eigenvalue weighted by Gasteiger charge is -1.93. The van der Waals surface area contributed by atoms with Crippen LogP contribution in [0.3, 0.4) is 0 Å². The Labute approximate surface area is 77.8 Å². The van der Waals surface area contributed by atoms with Gasteiger partial charge in [-0.15, -0.1) is 0 Å². The van der Waals surface area contributed by atoms with E-state index in [4.69, 9.17) is 4.74 Å². The Morgan fingerprint density at radius 3 is 2.60 bits per heavy atom. The summed E-state index contributed by atoms with van der Waals surface area (Å²) in [5, 5.41) is 0. The first-order valence-electron chi connectivity index (χ1n) is 2.82. The van der Waals surface area contributed by atoms with Gasteiger partial charge in [0, 0.05) is 6.07 Å². The number of hydrogen-bond donors (Lipinski definition) is 0. The second kappa shape index (κ2) is 4.49. The Kier molecular flexibility index (Phi) is 4.34. The number of aryl methyl sites for hydroxylation is 1. The summed E-state index contributed by atoms with van der Waals surface area (Å²) in [6, 6.07) is 3.86. The topological polar surface area (TPSA) is 13.1 Å². The molecule has 10 heavy (non-hydrogen) atoms. The minimum absolute atomic E-state index is 0. The molecule has 0 aliphatic carbocycles. The second-order valence-corrected chi connectivity index (χ2v) is 1.91. The summed E-state index contributed by atoms with van der Waals surface area (Å²) in [6.07, 6.45) is 3.88. The standard InChI is InChI=1S/C7H10NO.HI/c1-8-5-3-4-7(6-8)9-2;/h3-6H,1-2H3;1H/q+1;/p-1. The van der Waals surface area contributed by atoms with Crippen LogP contribution in [0.1, 0.15) is 0 Å². The molecule has 0 spiro atoms. The van der Waals surface area contributed by atoms with Gasteiger partial charge in [-0.25, -0.2) is 4.57 Å². The van der Waals surface area contributed by atoms with E-state index in [-0.39, 0.29) is 24.0 Å². The van der Waals surface area contributed by atoms with Crippen molar-refractivity contribution in [3.63, 3.8) is 0 Å². The first-order valence-corrected chi connectivity index (χ1v) is 2.82. The molecule has 0 unspecified atom stereocenters.